The van der Waals surface area contributed by atoms with E-state index in [1.807, 2.05) is 43.3 Å². The fourth-order valence-corrected chi connectivity index (χ4v) is 6.87. The van der Waals surface area contributed by atoms with Crippen molar-refractivity contribution in [1.82, 2.24) is 5.06 Å². The van der Waals surface area contributed by atoms with Crippen molar-refractivity contribution >= 4 is 15.7 Å². The van der Waals surface area contributed by atoms with Gasteiger partial charge in [0, 0.05) is 11.1 Å². The maximum Gasteiger partial charge on any atom is 0.264 e. The molecule has 1 fully saturated rings. The number of anilines is 1. The average molecular weight is 443 g/mol. The first-order chi connectivity index (χ1) is 14.5. The van der Waals surface area contributed by atoms with E-state index in [2.05, 4.69) is 32.8 Å². The third kappa shape index (κ3) is 4.13. The van der Waals surface area contributed by atoms with Crippen LogP contribution in [0.3, 0.4) is 0 Å². The zero-order valence-electron chi connectivity index (χ0n) is 19.3. The minimum Gasteiger partial charge on any atom is -0.296 e. The van der Waals surface area contributed by atoms with E-state index in [0.717, 1.165) is 29.7 Å². The first kappa shape index (κ1) is 22.3. The summed E-state index contributed by atoms with van der Waals surface area (Å²) in [7, 11) is -3.69. The molecule has 1 atom stereocenters. The second-order valence-corrected chi connectivity index (χ2v) is 12.0. The van der Waals surface area contributed by atoms with Crippen molar-refractivity contribution in [3.05, 3.63) is 59.7 Å². The summed E-state index contributed by atoms with van der Waals surface area (Å²) >= 11 is 0. The molecule has 0 radical (unpaired) electrons. The van der Waals surface area contributed by atoms with Gasteiger partial charge >= 0.3 is 0 Å². The number of benzene rings is 2. The van der Waals surface area contributed by atoms with E-state index in [1.165, 1.54) is 6.42 Å². The largest absolute Gasteiger partial charge is 0.296 e. The second-order valence-electron chi connectivity index (χ2n) is 10.2. The molecule has 5 nitrogen and oxygen atoms in total. The Balaban J connectivity index is 1.65. The molecule has 31 heavy (non-hydrogen) atoms. The van der Waals surface area contributed by atoms with Crippen LogP contribution in [0.1, 0.15) is 58.1 Å². The molecule has 2 aromatic rings. The molecule has 0 aliphatic carbocycles. The predicted octanol–water partition coefficient (Wildman–Crippen LogP) is 5.09. The van der Waals surface area contributed by atoms with Crippen LogP contribution in [0.25, 0.3) is 0 Å². The number of hydrogen-bond acceptors (Lipinski definition) is 4. The number of nitrogens with zero attached hydrogens (tertiary/aromatic N) is 2. The molecule has 1 saturated heterocycles. The third-order valence-corrected chi connectivity index (χ3v) is 8.55. The lowest BCUT2D eigenvalue weighted by Gasteiger charge is -2.51. The highest BCUT2D eigenvalue weighted by molar-refractivity contribution is 7.92. The van der Waals surface area contributed by atoms with Crippen molar-refractivity contribution in [2.75, 3.05) is 10.9 Å². The molecule has 168 valence electrons. The Morgan fingerprint density at radius 2 is 1.58 bits per heavy atom. The predicted molar refractivity (Wildman–Crippen MR) is 125 cm³/mol. The molecule has 2 heterocycles. The van der Waals surface area contributed by atoms with E-state index in [4.69, 9.17) is 4.84 Å². The maximum atomic E-state index is 13.7. The van der Waals surface area contributed by atoms with Crippen LogP contribution in [0, 0.1) is 6.92 Å². The minimum atomic E-state index is -3.69. The van der Waals surface area contributed by atoms with Crippen LogP contribution in [0.2, 0.25) is 0 Å². The van der Waals surface area contributed by atoms with Crippen LogP contribution < -0.4 is 4.31 Å². The van der Waals surface area contributed by atoms with Gasteiger partial charge in [-0.2, -0.15) is 5.06 Å². The van der Waals surface area contributed by atoms with Gasteiger partial charge in [0.1, 0.15) is 0 Å². The van der Waals surface area contributed by atoms with Gasteiger partial charge in [-0.05, 0) is 84.1 Å². The van der Waals surface area contributed by atoms with Crippen LogP contribution in [0.5, 0.6) is 0 Å². The van der Waals surface area contributed by atoms with Crippen molar-refractivity contribution in [1.29, 1.82) is 0 Å². The number of para-hydroxylation sites is 1. The Kier molecular flexibility index (Phi) is 5.69. The fraction of sp³-hybridized carbons (Fsp3) is 0.520. The van der Waals surface area contributed by atoms with E-state index in [1.54, 1.807) is 16.4 Å². The first-order valence-electron chi connectivity index (χ1n) is 11.1. The molecule has 2 aliphatic heterocycles. The molecular weight excluding hydrogens is 408 g/mol. The summed E-state index contributed by atoms with van der Waals surface area (Å²) in [6, 6.07) is 14.6. The topological polar surface area (TPSA) is 49.9 Å². The summed E-state index contributed by atoms with van der Waals surface area (Å²) in [5.74, 6) is 0. The molecule has 1 unspecified atom stereocenters. The molecule has 0 amide bonds. The average Bonchev–Trinajstić information content (AvgIpc) is 3.06. The highest BCUT2D eigenvalue weighted by atomic mass is 32.2. The van der Waals surface area contributed by atoms with E-state index < -0.39 is 10.0 Å². The molecular formula is C25H34N2O3S. The van der Waals surface area contributed by atoms with Crippen LogP contribution >= 0.6 is 0 Å². The van der Waals surface area contributed by atoms with Gasteiger partial charge in [0.15, 0.2) is 0 Å². The van der Waals surface area contributed by atoms with Crippen molar-refractivity contribution in [2.45, 2.75) is 82.3 Å². The van der Waals surface area contributed by atoms with Crippen LogP contribution in [0.4, 0.5) is 5.69 Å². The first-order valence-corrected chi connectivity index (χ1v) is 12.6. The lowest BCUT2D eigenvalue weighted by atomic mass is 9.82. The van der Waals surface area contributed by atoms with Crippen molar-refractivity contribution in [2.24, 2.45) is 0 Å². The van der Waals surface area contributed by atoms with Crippen molar-refractivity contribution in [3.8, 4) is 0 Å². The Hall–Kier alpha value is -1.89. The van der Waals surface area contributed by atoms with Crippen molar-refractivity contribution in [3.63, 3.8) is 0 Å². The molecule has 0 aromatic heterocycles. The summed E-state index contributed by atoms with van der Waals surface area (Å²) < 4.78 is 28.9. The molecule has 0 N–H and O–H groups in total. The summed E-state index contributed by atoms with van der Waals surface area (Å²) in [6.45, 7) is 11.1. The Morgan fingerprint density at radius 3 is 2.23 bits per heavy atom. The maximum absolute atomic E-state index is 13.7. The van der Waals surface area contributed by atoms with E-state index in [-0.39, 0.29) is 17.1 Å². The number of rotatable bonds is 5. The molecule has 0 bridgehead atoms. The zero-order valence-corrected chi connectivity index (χ0v) is 20.1. The number of hydroxylamine groups is 2. The summed E-state index contributed by atoms with van der Waals surface area (Å²) in [5.41, 5.74) is 2.66. The van der Waals surface area contributed by atoms with Gasteiger partial charge in [-0.1, -0.05) is 35.9 Å². The van der Waals surface area contributed by atoms with Gasteiger partial charge in [-0.25, -0.2) is 8.42 Å². The van der Waals surface area contributed by atoms with Crippen LogP contribution in [0.15, 0.2) is 53.4 Å². The zero-order chi connectivity index (χ0) is 22.4. The monoisotopic (exact) mass is 442 g/mol. The molecule has 0 spiro atoms. The molecule has 0 saturated carbocycles. The smallest absolute Gasteiger partial charge is 0.264 e. The number of sulfonamides is 1. The van der Waals surface area contributed by atoms with Gasteiger partial charge in [-0.3, -0.25) is 9.14 Å². The molecule has 4 rings (SSSR count). The van der Waals surface area contributed by atoms with Gasteiger partial charge < -0.3 is 0 Å². The van der Waals surface area contributed by atoms with E-state index >= 15 is 0 Å². The standard InChI is InChI=1S/C25H34N2O3S/c1-19-11-13-22(14-12-19)31(28,29)26-21(17-20-9-6-7-10-23(20)26)18-30-27-24(2,3)15-8-16-25(27,4)5/h6-7,9-14,21H,8,15-18H2,1-5H3. The Morgan fingerprint density at radius 1 is 0.968 bits per heavy atom. The van der Waals surface area contributed by atoms with Gasteiger partial charge in [-0.15, -0.1) is 0 Å². The number of fused-ring (bicyclic) bond motifs is 1. The molecule has 6 heteroatoms. The van der Waals surface area contributed by atoms with Gasteiger partial charge in [0.05, 0.1) is 23.2 Å². The molecule has 2 aliphatic rings. The quantitative estimate of drug-likeness (QED) is 0.647. The normalized spacial score (nSPS) is 23.0. The summed E-state index contributed by atoms with van der Waals surface area (Å²) in [5, 5.41) is 2.11. The van der Waals surface area contributed by atoms with Crippen LogP contribution in [-0.4, -0.2) is 37.2 Å². The minimum absolute atomic E-state index is 0.0894. The van der Waals surface area contributed by atoms with E-state index in [9.17, 15) is 8.42 Å². The SMILES string of the molecule is Cc1ccc(S(=O)(=O)N2c3ccccc3CC2CON2C(C)(C)CCCC2(C)C)cc1. The van der Waals surface area contributed by atoms with E-state index in [0.29, 0.717) is 17.9 Å². The number of piperidine rings is 1. The van der Waals surface area contributed by atoms with Gasteiger partial charge in [0.25, 0.3) is 10.0 Å². The lowest BCUT2D eigenvalue weighted by Crippen LogP contribution is -2.59. The Labute approximate surface area is 187 Å². The van der Waals surface area contributed by atoms with Gasteiger partial charge in [0.2, 0.25) is 0 Å². The number of hydrogen-bond donors (Lipinski definition) is 0. The highest BCUT2D eigenvalue weighted by Gasteiger charge is 2.44. The Bertz CT molecular complexity index is 1030. The highest BCUT2D eigenvalue weighted by Crippen LogP contribution is 2.40. The fourth-order valence-electron chi connectivity index (χ4n) is 5.19. The van der Waals surface area contributed by atoms with Crippen LogP contribution in [-0.2, 0) is 21.3 Å². The molecule has 2 aromatic carbocycles. The third-order valence-electron chi connectivity index (χ3n) is 6.67. The van der Waals surface area contributed by atoms with Crippen molar-refractivity contribution < 1.29 is 13.3 Å². The summed E-state index contributed by atoms with van der Waals surface area (Å²) in [4.78, 5) is 6.75. The second kappa shape index (κ2) is 7.91. The summed E-state index contributed by atoms with van der Waals surface area (Å²) in [6.07, 6.45) is 3.94. The number of aryl methyl sites for hydroxylation is 1. The lowest BCUT2D eigenvalue weighted by molar-refractivity contribution is -0.282.